The molecule has 0 aromatic heterocycles. The topological polar surface area (TPSA) is 46.5 Å². The summed E-state index contributed by atoms with van der Waals surface area (Å²) in [5.41, 5.74) is 0.348. The lowest BCUT2D eigenvalue weighted by atomic mass is 9.73. The Bertz CT molecular complexity index is 365. The molecule has 1 radical (unpaired) electrons. The smallest absolute Gasteiger partial charge is 0.341 e. The third kappa shape index (κ3) is 1.87. The van der Waals surface area contributed by atoms with E-state index in [0.29, 0.717) is 5.46 Å². The molecular formula is C9H9BFO3. The van der Waals surface area contributed by atoms with Crippen molar-refractivity contribution >= 4 is 18.7 Å². The number of phenols is 1. The van der Waals surface area contributed by atoms with Crippen LogP contribution < -0.4 is 5.46 Å². The monoisotopic (exact) mass is 195 g/mol. The van der Waals surface area contributed by atoms with E-state index in [1.807, 2.05) is 0 Å². The van der Waals surface area contributed by atoms with Gasteiger partial charge in [0.05, 0.1) is 7.11 Å². The van der Waals surface area contributed by atoms with E-state index in [1.165, 1.54) is 13.2 Å². The molecule has 0 saturated heterocycles. The van der Waals surface area contributed by atoms with Gasteiger partial charge >= 0.3 is 5.97 Å². The second kappa shape index (κ2) is 4.13. The molecule has 73 valence electrons. The zero-order valence-corrected chi connectivity index (χ0v) is 7.87. The Morgan fingerprint density at radius 2 is 2.21 bits per heavy atom. The Labute approximate surface area is 81.7 Å². The summed E-state index contributed by atoms with van der Waals surface area (Å²) >= 11 is 0. The first-order valence-corrected chi connectivity index (χ1v) is 4.00. The Hall–Kier alpha value is -1.52. The number of halogens is 1. The lowest BCUT2D eigenvalue weighted by Gasteiger charge is -2.05. The van der Waals surface area contributed by atoms with Crippen molar-refractivity contribution in [2.24, 2.45) is 0 Å². The van der Waals surface area contributed by atoms with E-state index in [0.717, 1.165) is 6.07 Å². The lowest BCUT2D eigenvalue weighted by Crippen LogP contribution is -2.15. The van der Waals surface area contributed by atoms with Crippen molar-refractivity contribution < 1.29 is 19.0 Å². The first-order valence-electron chi connectivity index (χ1n) is 4.00. The minimum atomic E-state index is -0.832. The van der Waals surface area contributed by atoms with Crippen molar-refractivity contribution in [2.75, 3.05) is 7.11 Å². The number of carbonyl (C=O) groups is 1. The van der Waals surface area contributed by atoms with Gasteiger partial charge in [-0.15, -0.1) is 0 Å². The van der Waals surface area contributed by atoms with E-state index in [9.17, 15) is 14.3 Å². The van der Waals surface area contributed by atoms with Crippen LogP contribution in [-0.2, 0) is 4.74 Å². The Kier molecular flexibility index (Phi) is 3.12. The quantitative estimate of drug-likeness (QED) is 0.557. The van der Waals surface area contributed by atoms with Gasteiger partial charge in [-0.1, -0.05) is 12.3 Å². The number of methoxy groups -OCH3 is 1. The van der Waals surface area contributed by atoms with Crippen LogP contribution >= 0.6 is 0 Å². The molecule has 14 heavy (non-hydrogen) atoms. The lowest BCUT2D eigenvalue weighted by molar-refractivity contribution is 0.0596. The molecule has 1 aromatic carbocycles. The van der Waals surface area contributed by atoms with Crippen LogP contribution in [0.15, 0.2) is 12.1 Å². The van der Waals surface area contributed by atoms with Gasteiger partial charge in [0.25, 0.3) is 0 Å². The molecule has 0 unspecified atom stereocenters. The maximum Gasteiger partial charge on any atom is 0.341 e. The highest BCUT2D eigenvalue weighted by Gasteiger charge is 2.16. The number of esters is 1. The molecule has 0 aliphatic rings. The number of aromatic hydroxyl groups is 1. The third-order valence-corrected chi connectivity index (χ3v) is 1.82. The summed E-state index contributed by atoms with van der Waals surface area (Å²) < 4.78 is 17.4. The van der Waals surface area contributed by atoms with Gasteiger partial charge in [-0.3, -0.25) is 0 Å². The maximum atomic E-state index is 13.0. The van der Waals surface area contributed by atoms with Crippen LogP contribution in [0.2, 0.25) is 6.82 Å². The molecule has 0 amide bonds. The second-order valence-corrected chi connectivity index (χ2v) is 2.68. The summed E-state index contributed by atoms with van der Waals surface area (Å²) in [6.45, 7) is 1.70. The zero-order valence-electron chi connectivity index (χ0n) is 7.87. The molecule has 1 aromatic rings. The SMILES string of the molecule is C[B]c1cc(F)c(O)c(C(=O)OC)c1. The maximum absolute atomic E-state index is 13.0. The number of hydrogen-bond donors (Lipinski definition) is 1. The number of hydrogen-bond acceptors (Lipinski definition) is 3. The highest BCUT2D eigenvalue weighted by molar-refractivity contribution is 6.52. The van der Waals surface area contributed by atoms with Crippen LogP contribution in [0.4, 0.5) is 4.39 Å². The number of ether oxygens (including phenoxy) is 1. The number of carbonyl (C=O) groups excluding carboxylic acids is 1. The molecule has 0 bridgehead atoms. The van der Waals surface area contributed by atoms with Crippen molar-refractivity contribution in [3.8, 4) is 5.75 Å². The molecule has 0 aliphatic carbocycles. The first kappa shape index (κ1) is 10.6. The van der Waals surface area contributed by atoms with Crippen molar-refractivity contribution in [2.45, 2.75) is 6.82 Å². The average molecular weight is 195 g/mol. The fourth-order valence-corrected chi connectivity index (χ4v) is 1.05. The molecule has 0 heterocycles. The van der Waals surface area contributed by atoms with Gasteiger partial charge in [0.2, 0.25) is 0 Å². The predicted octanol–water partition coefficient (Wildman–Crippen LogP) is 0.696. The molecule has 0 aliphatic heterocycles. The summed E-state index contributed by atoms with van der Waals surface area (Å²) in [5, 5.41) is 9.23. The average Bonchev–Trinajstić information content (AvgIpc) is 2.20. The van der Waals surface area contributed by atoms with Crippen molar-refractivity contribution in [3.63, 3.8) is 0 Å². The Morgan fingerprint density at radius 3 is 2.71 bits per heavy atom. The molecule has 1 rings (SSSR count). The van der Waals surface area contributed by atoms with Crippen LogP contribution in [0.3, 0.4) is 0 Å². The molecule has 0 saturated carbocycles. The van der Waals surface area contributed by atoms with Gasteiger partial charge in [0.1, 0.15) is 12.8 Å². The summed E-state index contributed by atoms with van der Waals surface area (Å²) in [4.78, 5) is 11.1. The van der Waals surface area contributed by atoms with E-state index in [4.69, 9.17) is 0 Å². The van der Waals surface area contributed by atoms with E-state index in [2.05, 4.69) is 4.74 Å². The van der Waals surface area contributed by atoms with Crippen LogP contribution in [-0.4, -0.2) is 25.5 Å². The minimum Gasteiger partial charge on any atom is -0.504 e. The predicted molar refractivity (Wildman–Crippen MR) is 50.7 cm³/mol. The molecule has 5 heteroatoms. The first-order chi connectivity index (χ1) is 6.60. The molecule has 1 N–H and O–H groups in total. The number of benzene rings is 1. The molecule has 0 spiro atoms. The van der Waals surface area contributed by atoms with Crippen LogP contribution in [0.5, 0.6) is 5.75 Å². The summed E-state index contributed by atoms with van der Waals surface area (Å²) in [6, 6.07) is 2.51. The van der Waals surface area contributed by atoms with E-state index in [-0.39, 0.29) is 5.56 Å². The van der Waals surface area contributed by atoms with Gasteiger partial charge in [-0.25, -0.2) is 9.18 Å². The summed E-state index contributed by atoms with van der Waals surface area (Å²) in [5.74, 6) is -2.27. The van der Waals surface area contributed by atoms with E-state index < -0.39 is 17.5 Å². The molecular weight excluding hydrogens is 186 g/mol. The normalized spacial score (nSPS) is 9.64. The minimum absolute atomic E-state index is 0.166. The Balaban J connectivity index is 3.27. The van der Waals surface area contributed by atoms with Gasteiger partial charge in [0, 0.05) is 0 Å². The van der Waals surface area contributed by atoms with Gasteiger partial charge in [-0.05, 0) is 12.1 Å². The van der Waals surface area contributed by atoms with Crippen LogP contribution in [0, 0.1) is 5.82 Å². The van der Waals surface area contributed by atoms with Crippen LogP contribution in [0.25, 0.3) is 0 Å². The van der Waals surface area contributed by atoms with Gasteiger partial charge < -0.3 is 9.84 Å². The highest BCUT2D eigenvalue weighted by atomic mass is 19.1. The van der Waals surface area contributed by atoms with Gasteiger partial charge in [0.15, 0.2) is 11.6 Å². The molecule has 0 fully saturated rings. The Morgan fingerprint density at radius 1 is 1.57 bits per heavy atom. The zero-order chi connectivity index (χ0) is 10.7. The van der Waals surface area contributed by atoms with E-state index in [1.54, 1.807) is 14.1 Å². The van der Waals surface area contributed by atoms with Gasteiger partial charge in [-0.2, -0.15) is 0 Å². The number of phenolic OH excluding ortho intramolecular Hbond substituents is 1. The largest absolute Gasteiger partial charge is 0.504 e. The van der Waals surface area contributed by atoms with Crippen molar-refractivity contribution in [1.82, 2.24) is 0 Å². The highest BCUT2D eigenvalue weighted by Crippen LogP contribution is 2.20. The summed E-state index contributed by atoms with van der Waals surface area (Å²) in [6.07, 6.45) is 0. The van der Waals surface area contributed by atoms with Crippen molar-refractivity contribution in [3.05, 3.63) is 23.5 Å². The van der Waals surface area contributed by atoms with E-state index >= 15 is 0 Å². The summed E-state index contributed by atoms with van der Waals surface area (Å²) in [7, 11) is 2.79. The standard InChI is InChI=1S/C9H9BFO3/c1-10-5-3-6(9(13)14-2)8(12)7(11)4-5/h3-4,12H,1-2H3. The fraction of sp³-hybridized carbons (Fsp3) is 0.222. The molecule has 3 nitrogen and oxygen atoms in total. The van der Waals surface area contributed by atoms with Crippen molar-refractivity contribution in [1.29, 1.82) is 0 Å². The number of rotatable bonds is 2. The van der Waals surface area contributed by atoms with Crippen LogP contribution in [0.1, 0.15) is 10.4 Å². The fourth-order valence-electron chi connectivity index (χ4n) is 1.05. The molecule has 0 atom stereocenters. The second-order valence-electron chi connectivity index (χ2n) is 2.68. The third-order valence-electron chi connectivity index (χ3n) is 1.82.